The minimum atomic E-state index is -0.987. The van der Waals surface area contributed by atoms with E-state index >= 15 is 0 Å². The first kappa shape index (κ1) is 9.25. The van der Waals surface area contributed by atoms with E-state index in [0.29, 0.717) is 5.69 Å². The Morgan fingerprint density at radius 3 is 2.92 bits per heavy atom. The Hall–Kier alpha value is -1.84. The van der Waals surface area contributed by atoms with Gasteiger partial charge in [-0.25, -0.2) is 4.79 Å². The standard InChI is InChI=1S/C9H8NO3/c11-5-4-10-8-3-1-2-7(6-8)9(12)13/h1-3,6,10H,4H2,(H,12,13). The van der Waals surface area contributed by atoms with Crippen molar-refractivity contribution in [3.8, 4) is 0 Å². The van der Waals surface area contributed by atoms with Gasteiger partial charge in [0.25, 0.3) is 0 Å². The molecule has 1 radical (unpaired) electrons. The average molecular weight is 178 g/mol. The summed E-state index contributed by atoms with van der Waals surface area (Å²) in [5.74, 6) is -0.987. The molecule has 67 valence electrons. The van der Waals surface area contributed by atoms with Gasteiger partial charge in [0.15, 0.2) is 0 Å². The van der Waals surface area contributed by atoms with Crippen molar-refractivity contribution in [1.29, 1.82) is 0 Å². The van der Waals surface area contributed by atoms with Crippen molar-refractivity contribution in [2.75, 3.05) is 11.9 Å². The molecule has 1 aromatic rings. The minimum absolute atomic E-state index is 0.0586. The molecule has 0 aliphatic carbocycles. The van der Waals surface area contributed by atoms with E-state index in [1.165, 1.54) is 12.1 Å². The van der Waals surface area contributed by atoms with Gasteiger partial charge in [0.2, 0.25) is 6.29 Å². The number of hydrogen-bond donors (Lipinski definition) is 2. The third kappa shape index (κ3) is 2.59. The summed E-state index contributed by atoms with van der Waals surface area (Å²) in [7, 11) is 0. The Bertz CT molecular complexity index is 322. The van der Waals surface area contributed by atoms with Gasteiger partial charge in [-0.2, -0.15) is 0 Å². The lowest BCUT2D eigenvalue weighted by atomic mass is 10.2. The van der Waals surface area contributed by atoms with Gasteiger partial charge in [-0.05, 0) is 18.2 Å². The summed E-state index contributed by atoms with van der Waals surface area (Å²) in [6.07, 6.45) is 1.66. The van der Waals surface area contributed by atoms with Crippen LogP contribution in [0.15, 0.2) is 24.3 Å². The molecule has 0 saturated heterocycles. The second-order valence-corrected chi connectivity index (χ2v) is 2.38. The molecule has 2 N–H and O–H groups in total. The molecule has 0 atom stereocenters. The fourth-order valence-electron chi connectivity index (χ4n) is 0.900. The van der Waals surface area contributed by atoms with E-state index in [-0.39, 0.29) is 12.1 Å². The first-order valence-corrected chi connectivity index (χ1v) is 3.66. The summed E-state index contributed by atoms with van der Waals surface area (Å²) in [5.41, 5.74) is 0.791. The van der Waals surface area contributed by atoms with Gasteiger partial charge >= 0.3 is 5.97 Å². The van der Waals surface area contributed by atoms with E-state index in [1.807, 2.05) is 0 Å². The SMILES string of the molecule is O=[C]CNc1cccc(C(=O)O)c1. The Morgan fingerprint density at radius 2 is 2.31 bits per heavy atom. The number of rotatable bonds is 4. The van der Waals surface area contributed by atoms with Crippen molar-refractivity contribution in [1.82, 2.24) is 0 Å². The highest BCUT2D eigenvalue weighted by Crippen LogP contribution is 2.09. The number of carbonyl (C=O) groups excluding carboxylic acids is 1. The molecule has 4 nitrogen and oxygen atoms in total. The highest BCUT2D eigenvalue weighted by Gasteiger charge is 2.01. The van der Waals surface area contributed by atoms with Gasteiger partial charge in [0.1, 0.15) is 0 Å². The van der Waals surface area contributed by atoms with Gasteiger partial charge in [-0.15, -0.1) is 0 Å². The van der Waals surface area contributed by atoms with Crippen LogP contribution >= 0.6 is 0 Å². The fourth-order valence-corrected chi connectivity index (χ4v) is 0.900. The first-order valence-electron chi connectivity index (χ1n) is 3.66. The molecule has 0 saturated carbocycles. The molecule has 0 aromatic heterocycles. The smallest absolute Gasteiger partial charge is 0.335 e. The lowest BCUT2D eigenvalue weighted by molar-refractivity contribution is 0.0697. The number of anilines is 1. The van der Waals surface area contributed by atoms with Crippen LogP contribution in [-0.2, 0) is 4.79 Å². The van der Waals surface area contributed by atoms with Crippen molar-refractivity contribution in [3.05, 3.63) is 29.8 Å². The Kier molecular flexibility index (Phi) is 3.03. The fraction of sp³-hybridized carbons (Fsp3) is 0.111. The van der Waals surface area contributed by atoms with Gasteiger partial charge in [0, 0.05) is 5.69 Å². The summed E-state index contributed by atoms with van der Waals surface area (Å²) in [4.78, 5) is 20.4. The van der Waals surface area contributed by atoms with Crippen molar-refractivity contribution in [2.24, 2.45) is 0 Å². The molecule has 0 aliphatic rings. The van der Waals surface area contributed by atoms with Crippen LogP contribution in [0.5, 0.6) is 0 Å². The molecular weight excluding hydrogens is 170 g/mol. The number of carboxylic acids is 1. The monoisotopic (exact) mass is 178 g/mol. The second kappa shape index (κ2) is 4.25. The largest absolute Gasteiger partial charge is 0.478 e. The summed E-state index contributed by atoms with van der Waals surface area (Å²) < 4.78 is 0. The van der Waals surface area contributed by atoms with Crippen LogP contribution in [0.2, 0.25) is 0 Å². The van der Waals surface area contributed by atoms with Crippen LogP contribution in [0.1, 0.15) is 10.4 Å². The predicted octanol–water partition coefficient (Wildman–Crippen LogP) is 0.906. The molecule has 1 rings (SSSR count). The molecule has 4 heteroatoms. The first-order chi connectivity index (χ1) is 6.24. The van der Waals surface area contributed by atoms with E-state index in [9.17, 15) is 9.59 Å². The maximum Gasteiger partial charge on any atom is 0.335 e. The van der Waals surface area contributed by atoms with Crippen LogP contribution in [0.4, 0.5) is 5.69 Å². The summed E-state index contributed by atoms with van der Waals surface area (Å²) in [6.45, 7) is 0.0586. The maximum atomic E-state index is 10.5. The second-order valence-electron chi connectivity index (χ2n) is 2.38. The van der Waals surface area contributed by atoms with Crippen molar-refractivity contribution < 1.29 is 14.7 Å². The zero-order valence-corrected chi connectivity index (χ0v) is 6.78. The number of hydrogen-bond acceptors (Lipinski definition) is 3. The van der Waals surface area contributed by atoms with Gasteiger partial charge < -0.3 is 10.4 Å². The molecule has 0 unspecified atom stereocenters. The Balaban J connectivity index is 2.79. The molecule has 0 spiro atoms. The molecule has 1 aromatic carbocycles. The van der Waals surface area contributed by atoms with E-state index < -0.39 is 5.97 Å². The van der Waals surface area contributed by atoms with E-state index in [4.69, 9.17) is 5.11 Å². The van der Waals surface area contributed by atoms with Crippen molar-refractivity contribution in [3.63, 3.8) is 0 Å². The lowest BCUT2D eigenvalue weighted by Gasteiger charge is -2.01. The number of carboxylic acid groups (broad SMARTS) is 1. The highest BCUT2D eigenvalue weighted by molar-refractivity contribution is 5.88. The molecule has 13 heavy (non-hydrogen) atoms. The summed E-state index contributed by atoms with van der Waals surface area (Å²) >= 11 is 0. The van der Waals surface area contributed by atoms with Gasteiger partial charge in [-0.1, -0.05) is 6.07 Å². The zero-order chi connectivity index (χ0) is 9.68. The normalized spacial score (nSPS) is 9.23. The summed E-state index contributed by atoms with van der Waals surface area (Å²) in [6, 6.07) is 6.23. The van der Waals surface area contributed by atoms with E-state index in [2.05, 4.69) is 5.32 Å². The molecule has 0 fully saturated rings. The van der Waals surface area contributed by atoms with Crippen molar-refractivity contribution in [2.45, 2.75) is 0 Å². The maximum absolute atomic E-state index is 10.5. The topological polar surface area (TPSA) is 66.4 Å². The van der Waals surface area contributed by atoms with Crippen LogP contribution in [0, 0.1) is 0 Å². The van der Waals surface area contributed by atoms with Gasteiger partial charge in [-0.3, -0.25) is 4.79 Å². The lowest BCUT2D eigenvalue weighted by Crippen LogP contribution is -2.03. The Morgan fingerprint density at radius 1 is 1.54 bits per heavy atom. The van der Waals surface area contributed by atoms with Crippen LogP contribution < -0.4 is 5.32 Å². The molecular formula is C9H8NO3. The highest BCUT2D eigenvalue weighted by atomic mass is 16.4. The molecule has 0 amide bonds. The third-order valence-electron chi connectivity index (χ3n) is 1.47. The molecule has 0 heterocycles. The van der Waals surface area contributed by atoms with Crippen LogP contribution in [-0.4, -0.2) is 23.9 Å². The quantitative estimate of drug-likeness (QED) is 0.719. The predicted molar refractivity (Wildman–Crippen MR) is 47.6 cm³/mol. The third-order valence-corrected chi connectivity index (χ3v) is 1.47. The number of aromatic carboxylic acids is 1. The zero-order valence-electron chi connectivity index (χ0n) is 6.78. The van der Waals surface area contributed by atoms with Crippen molar-refractivity contribution >= 4 is 17.9 Å². The number of nitrogens with one attached hydrogen (secondary N) is 1. The molecule has 0 bridgehead atoms. The van der Waals surface area contributed by atoms with Crippen LogP contribution in [0.25, 0.3) is 0 Å². The summed E-state index contributed by atoms with van der Waals surface area (Å²) in [5, 5.41) is 11.3. The minimum Gasteiger partial charge on any atom is -0.478 e. The Labute approximate surface area is 75.2 Å². The molecule has 0 aliphatic heterocycles. The van der Waals surface area contributed by atoms with Crippen LogP contribution in [0.3, 0.4) is 0 Å². The average Bonchev–Trinajstić information content (AvgIpc) is 2.15. The van der Waals surface area contributed by atoms with E-state index in [0.717, 1.165) is 0 Å². The number of carbonyl (C=O) groups is 1. The van der Waals surface area contributed by atoms with Gasteiger partial charge in [0.05, 0.1) is 12.1 Å². The number of benzene rings is 1. The van der Waals surface area contributed by atoms with E-state index in [1.54, 1.807) is 18.4 Å².